The van der Waals surface area contributed by atoms with E-state index in [9.17, 15) is 14.7 Å². The molecule has 3 aromatic rings. The van der Waals surface area contributed by atoms with Gasteiger partial charge in [-0.2, -0.15) is 0 Å². The molecule has 8 heteroatoms. The van der Waals surface area contributed by atoms with E-state index in [-0.39, 0.29) is 12.3 Å². The SMILES string of the molecule is CCN1CCOCC1.COc1ccc2c(c1)c(CC(=O)O)c(C)n2C(=O)c1ccc(Cl)cc1. The minimum Gasteiger partial charge on any atom is -0.497 e. The van der Waals surface area contributed by atoms with Gasteiger partial charge in [0.15, 0.2) is 0 Å². The van der Waals surface area contributed by atoms with Gasteiger partial charge in [0, 0.05) is 34.8 Å². The smallest absolute Gasteiger partial charge is 0.307 e. The van der Waals surface area contributed by atoms with E-state index >= 15 is 0 Å². The normalized spacial score (nSPS) is 13.9. The van der Waals surface area contributed by atoms with E-state index in [4.69, 9.17) is 21.1 Å². The maximum Gasteiger partial charge on any atom is 0.307 e. The van der Waals surface area contributed by atoms with Gasteiger partial charge >= 0.3 is 5.97 Å². The lowest BCUT2D eigenvalue weighted by Crippen LogP contribution is -2.35. The molecule has 4 rings (SSSR count). The molecule has 1 fully saturated rings. The fraction of sp³-hybridized carbons (Fsp3) is 0.360. The molecule has 1 N–H and O–H groups in total. The molecule has 0 aliphatic carbocycles. The second-order valence-corrected chi connectivity index (χ2v) is 8.15. The van der Waals surface area contributed by atoms with Crippen molar-refractivity contribution in [2.24, 2.45) is 0 Å². The third kappa shape index (κ3) is 5.93. The number of halogens is 1. The van der Waals surface area contributed by atoms with E-state index in [0.29, 0.717) is 38.5 Å². The fourth-order valence-corrected chi connectivity index (χ4v) is 3.99. The molecule has 7 nitrogen and oxygen atoms in total. The molecule has 1 aliphatic heterocycles. The minimum atomic E-state index is -0.955. The van der Waals surface area contributed by atoms with Gasteiger partial charge in [-0.3, -0.25) is 19.1 Å². The molecular formula is C25H29ClN2O5. The summed E-state index contributed by atoms with van der Waals surface area (Å²) in [6.07, 6.45) is -0.170. The first-order chi connectivity index (χ1) is 15.8. The van der Waals surface area contributed by atoms with Crippen molar-refractivity contribution < 1.29 is 24.2 Å². The van der Waals surface area contributed by atoms with Gasteiger partial charge in [0.2, 0.25) is 0 Å². The van der Waals surface area contributed by atoms with E-state index in [1.165, 1.54) is 11.1 Å². The number of morpholine rings is 1. The second-order valence-electron chi connectivity index (χ2n) is 7.71. The zero-order chi connectivity index (χ0) is 24.0. The van der Waals surface area contributed by atoms with E-state index in [1.54, 1.807) is 56.5 Å². The monoisotopic (exact) mass is 472 g/mol. The summed E-state index contributed by atoms with van der Waals surface area (Å²) in [5, 5.41) is 10.5. The first-order valence-corrected chi connectivity index (χ1v) is 11.2. The second kappa shape index (κ2) is 11.3. The van der Waals surface area contributed by atoms with Gasteiger partial charge < -0.3 is 14.6 Å². The molecule has 0 spiro atoms. The number of likely N-dealkylation sites (N-methyl/N-ethyl adjacent to an activating group) is 1. The number of methoxy groups -OCH3 is 1. The van der Waals surface area contributed by atoms with Gasteiger partial charge in [-0.25, -0.2) is 0 Å². The molecule has 33 heavy (non-hydrogen) atoms. The van der Waals surface area contributed by atoms with Gasteiger partial charge in [0.05, 0.1) is 32.3 Å². The van der Waals surface area contributed by atoms with Crippen molar-refractivity contribution in [1.82, 2.24) is 9.47 Å². The van der Waals surface area contributed by atoms with Crippen LogP contribution in [-0.4, -0.2) is 66.4 Å². The zero-order valence-electron chi connectivity index (χ0n) is 19.1. The van der Waals surface area contributed by atoms with Crippen LogP contribution in [0, 0.1) is 6.92 Å². The Morgan fingerprint density at radius 1 is 1.12 bits per heavy atom. The highest BCUT2D eigenvalue weighted by Gasteiger charge is 2.21. The third-order valence-electron chi connectivity index (χ3n) is 5.72. The van der Waals surface area contributed by atoms with Crippen LogP contribution in [0.1, 0.15) is 28.5 Å². The molecule has 0 atom stereocenters. The number of carboxylic acids is 1. The number of nitrogens with zero attached hydrogens (tertiary/aromatic N) is 2. The highest BCUT2D eigenvalue weighted by molar-refractivity contribution is 6.30. The Labute approximate surface area is 198 Å². The lowest BCUT2D eigenvalue weighted by molar-refractivity contribution is -0.136. The van der Waals surface area contributed by atoms with Crippen LogP contribution in [0.3, 0.4) is 0 Å². The number of hydrogen-bond donors (Lipinski definition) is 1. The predicted octanol–water partition coefficient (Wildman–Crippen LogP) is 4.27. The fourth-order valence-electron chi connectivity index (χ4n) is 3.86. The predicted molar refractivity (Wildman–Crippen MR) is 129 cm³/mol. The summed E-state index contributed by atoms with van der Waals surface area (Å²) in [5.41, 5.74) is 2.32. The Bertz CT molecular complexity index is 1120. The van der Waals surface area contributed by atoms with Crippen molar-refractivity contribution in [2.75, 3.05) is 40.0 Å². The molecule has 0 unspecified atom stereocenters. The van der Waals surface area contributed by atoms with Crippen molar-refractivity contribution in [3.8, 4) is 5.75 Å². The summed E-state index contributed by atoms with van der Waals surface area (Å²) in [5.74, 6) is -0.583. The van der Waals surface area contributed by atoms with E-state index in [2.05, 4.69) is 11.8 Å². The Hall–Kier alpha value is -2.87. The van der Waals surface area contributed by atoms with Gasteiger partial charge in [-0.05, 0) is 61.5 Å². The van der Waals surface area contributed by atoms with Crippen LogP contribution < -0.4 is 4.74 Å². The van der Waals surface area contributed by atoms with Crippen LogP contribution in [0.2, 0.25) is 5.02 Å². The van der Waals surface area contributed by atoms with Crippen molar-refractivity contribution in [3.05, 3.63) is 64.3 Å². The molecule has 2 heterocycles. The Balaban J connectivity index is 0.000000323. The van der Waals surface area contributed by atoms with Crippen LogP contribution in [0.5, 0.6) is 5.75 Å². The number of benzene rings is 2. The number of aromatic nitrogens is 1. The van der Waals surface area contributed by atoms with Crippen LogP contribution in [0.15, 0.2) is 42.5 Å². The number of fused-ring (bicyclic) bond motifs is 1. The van der Waals surface area contributed by atoms with E-state index in [0.717, 1.165) is 26.3 Å². The Morgan fingerprint density at radius 2 is 1.79 bits per heavy atom. The molecule has 0 amide bonds. The third-order valence-corrected chi connectivity index (χ3v) is 5.97. The van der Waals surface area contributed by atoms with Crippen molar-refractivity contribution in [3.63, 3.8) is 0 Å². The maximum absolute atomic E-state index is 13.0. The summed E-state index contributed by atoms with van der Waals surface area (Å²) in [4.78, 5) is 26.6. The van der Waals surface area contributed by atoms with Crippen molar-refractivity contribution in [1.29, 1.82) is 0 Å². The molecule has 2 aromatic carbocycles. The largest absolute Gasteiger partial charge is 0.497 e. The summed E-state index contributed by atoms with van der Waals surface area (Å²) in [7, 11) is 1.54. The number of ether oxygens (including phenoxy) is 2. The van der Waals surface area contributed by atoms with Crippen LogP contribution in [-0.2, 0) is 16.0 Å². The van der Waals surface area contributed by atoms with Crippen molar-refractivity contribution in [2.45, 2.75) is 20.3 Å². The molecule has 1 aromatic heterocycles. The molecule has 0 radical (unpaired) electrons. The number of carbonyl (C=O) groups is 2. The lowest BCUT2D eigenvalue weighted by Gasteiger charge is -2.24. The Kier molecular flexibility index (Phi) is 8.49. The summed E-state index contributed by atoms with van der Waals surface area (Å²) >= 11 is 5.89. The lowest BCUT2D eigenvalue weighted by atomic mass is 10.1. The van der Waals surface area contributed by atoms with Gasteiger partial charge in [-0.15, -0.1) is 0 Å². The molecular weight excluding hydrogens is 444 g/mol. The number of carbonyl (C=O) groups excluding carboxylic acids is 1. The standard InChI is InChI=1S/C19H16ClNO4.C6H13NO/c1-11-15(10-18(22)23)16-9-14(25-2)7-8-17(16)21(11)19(24)12-3-5-13(20)6-4-12;1-2-7-3-5-8-6-4-7/h3-9H,10H2,1-2H3,(H,22,23);2-6H2,1H3. The average molecular weight is 473 g/mol. The highest BCUT2D eigenvalue weighted by atomic mass is 35.5. The molecule has 1 aliphatic rings. The number of hydrogen-bond acceptors (Lipinski definition) is 5. The number of carboxylic acid groups (broad SMARTS) is 1. The summed E-state index contributed by atoms with van der Waals surface area (Å²) < 4.78 is 11.9. The number of rotatable bonds is 5. The van der Waals surface area contributed by atoms with Gasteiger partial charge in [0.25, 0.3) is 5.91 Å². The van der Waals surface area contributed by atoms with E-state index in [1.807, 2.05) is 0 Å². The molecule has 176 valence electrons. The summed E-state index contributed by atoms with van der Waals surface area (Å²) in [6.45, 7) is 9.20. The van der Waals surface area contributed by atoms with Gasteiger partial charge in [0.1, 0.15) is 5.75 Å². The first-order valence-electron chi connectivity index (χ1n) is 10.9. The van der Waals surface area contributed by atoms with Crippen LogP contribution in [0.4, 0.5) is 0 Å². The Morgan fingerprint density at radius 3 is 2.33 bits per heavy atom. The molecule has 0 bridgehead atoms. The first kappa shape index (κ1) is 24.8. The van der Waals surface area contributed by atoms with E-state index < -0.39 is 5.97 Å². The highest BCUT2D eigenvalue weighted by Crippen LogP contribution is 2.30. The minimum absolute atomic E-state index is 0.170. The summed E-state index contributed by atoms with van der Waals surface area (Å²) in [6, 6.07) is 11.9. The van der Waals surface area contributed by atoms with Crippen molar-refractivity contribution >= 4 is 34.4 Å². The zero-order valence-corrected chi connectivity index (χ0v) is 19.9. The van der Waals surface area contributed by atoms with Crippen LogP contribution >= 0.6 is 11.6 Å². The average Bonchev–Trinajstić information content (AvgIpc) is 3.10. The molecule has 1 saturated heterocycles. The quantitative estimate of drug-likeness (QED) is 0.597. The topological polar surface area (TPSA) is 81.0 Å². The molecule has 0 saturated carbocycles. The van der Waals surface area contributed by atoms with Gasteiger partial charge in [-0.1, -0.05) is 18.5 Å². The van der Waals surface area contributed by atoms with Crippen LogP contribution in [0.25, 0.3) is 10.9 Å². The number of aliphatic carboxylic acids is 1. The maximum atomic E-state index is 13.0.